The number of sulfonamides is 1. The molecule has 0 amide bonds. The summed E-state index contributed by atoms with van der Waals surface area (Å²) in [5.41, 5.74) is 1.53. The van der Waals surface area contributed by atoms with Crippen LogP contribution in [0.1, 0.15) is 48.9 Å². The second-order valence-corrected chi connectivity index (χ2v) is 14.0. The van der Waals surface area contributed by atoms with Gasteiger partial charge in [-0.25, -0.2) is 26.6 Å². The number of nitrogens with one attached hydrogen (secondary N) is 1. The number of likely N-dealkylation sites (tertiary alicyclic amines) is 1. The number of hydrogen-bond donors (Lipinski definition) is 1. The van der Waals surface area contributed by atoms with Crippen molar-refractivity contribution in [3.63, 3.8) is 0 Å². The molecule has 2 fully saturated rings. The first-order valence-corrected chi connectivity index (χ1v) is 16.5. The summed E-state index contributed by atoms with van der Waals surface area (Å²) in [6, 6.07) is 9.32. The molecule has 4 heterocycles. The van der Waals surface area contributed by atoms with E-state index < -0.39 is 27.5 Å². The van der Waals surface area contributed by atoms with Crippen LogP contribution < -0.4 is 34.2 Å². The van der Waals surface area contributed by atoms with E-state index in [2.05, 4.69) is 17.3 Å². The maximum atomic E-state index is 14.5. The van der Waals surface area contributed by atoms with Gasteiger partial charge in [-0.05, 0) is 37.5 Å². The molecule has 0 saturated carbocycles. The second kappa shape index (κ2) is 13.5. The molecule has 44 heavy (non-hydrogen) atoms. The molecule has 0 unspecified atom stereocenters. The zero-order valence-electron chi connectivity index (χ0n) is 24.8. The molecular weight excluding hydrogens is 704 g/mol. The summed E-state index contributed by atoms with van der Waals surface area (Å²) in [5, 5.41) is 3.18. The van der Waals surface area contributed by atoms with Crippen LogP contribution >= 0.6 is 0 Å². The van der Waals surface area contributed by atoms with E-state index in [9.17, 15) is 21.6 Å². The molecule has 1 N–H and O–H groups in total. The van der Waals surface area contributed by atoms with Gasteiger partial charge < -0.3 is 38.7 Å². The molecule has 1 aromatic heterocycles. The smallest absolute Gasteiger partial charge is 0.246 e. The predicted octanol–water partition coefficient (Wildman–Crippen LogP) is 1.86. The summed E-state index contributed by atoms with van der Waals surface area (Å²) >= 11 is 0. The normalized spacial score (nSPS) is 19.2. The number of fused-ring (bicyclic) bond motifs is 1. The summed E-state index contributed by atoms with van der Waals surface area (Å²) in [6.45, 7) is 4.18. The Morgan fingerprint density at radius 1 is 0.955 bits per heavy atom. The molecule has 8 nitrogen and oxygen atoms in total. The number of quaternary nitrogens is 1. The summed E-state index contributed by atoms with van der Waals surface area (Å²) in [5.74, 6) is -1.20. The van der Waals surface area contributed by atoms with Crippen LogP contribution in [0.25, 0.3) is 0 Å². The zero-order valence-corrected chi connectivity index (χ0v) is 27.8. The van der Waals surface area contributed by atoms with E-state index in [0.29, 0.717) is 35.5 Å². The molecule has 3 aliphatic heterocycles. The van der Waals surface area contributed by atoms with Gasteiger partial charge in [-0.3, -0.25) is 0 Å². The zero-order chi connectivity index (χ0) is 30.2. The minimum atomic E-state index is -4.12. The number of piperidine rings is 2. The van der Waals surface area contributed by atoms with E-state index in [-0.39, 0.29) is 54.1 Å². The molecule has 3 aromatic rings. The van der Waals surface area contributed by atoms with Crippen LogP contribution in [-0.2, 0) is 29.5 Å². The van der Waals surface area contributed by atoms with E-state index in [4.69, 9.17) is 9.97 Å². The number of rotatable bonds is 7. The first-order chi connectivity index (χ1) is 20.6. The fraction of sp³-hybridized carbons (Fsp3) is 0.484. The summed E-state index contributed by atoms with van der Waals surface area (Å²) in [6.07, 6.45) is 6.26. The maximum absolute atomic E-state index is 14.5. The molecule has 6 rings (SSSR count). The van der Waals surface area contributed by atoms with Crippen molar-refractivity contribution in [2.24, 2.45) is 0 Å². The van der Waals surface area contributed by atoms with E-state index in [1.54, 1.807) is 0 Å². The molecule has 2 saturated heterocycles. The average molecular weight is 743 g/mol. The topological polar surface area (TPSA) is 78.4 Å². The highest BCUT2D eigenvalue weighted by Crippen LogP contribution is 2.33. The minimum absolute atomic E-state index is 0. The Hall–Kier alpha value is -2.49. The average Bonchev–Trinajstić information content (AvgIpc) is 3.00. The second-order valence-electron chi connectivity index (χ2n) is 12.1. The minimum Gasteiger partial charge on any atom is -1.00 e. The highest BCUT2D eigenvalue weighted by molar-refractivity contribution is 7.89. The third-order valence-corrected chi connectivity index (χ3v) is 11.3. The molecule has 3 aliphatic rings. The summed E-state index contributed by atoms with van der Waals surface area (Å²) in [4.78, 5) is 11.5. The van der Waals surface area contributed by atoms with Crippen molar-refractivity contribution < 1.29 is 50.0 Å². The van der Waals surface area contributed by atoms with Crippen LogP contribution in [0.2, 0.25) is 0 Å². The van der Waals surface area contributed by atoms with Crippen LogP contribution in [0.15, 0.2) is 47.4 Å². The number of nitrogens with zero attached hydrogens (tertiary/aromatic N) is 5. The van der Waals surface area contributed by atoms with Crippen LogP contribution in [0, 0.1) is 17.5 Å². The van der Waals surface area contributed by atoms with Crippen molar-refractivity contribution in [1.29, 1.82) is 0 Å². The lowest BCUT2D eigenvalue weighted by Gasteiger charge is -2.47. The van der Waals surface area contributed by atoms with Crippen molar-refractivity contribution >= 4 is 21.8 Å². The SMILES string of the molecule is C[N+]1(C2CCN(c3nc4c(c(NCc5ccc(F)cc5F)n3)CN(S(=O)(=O)c3ccccc3F)CC4)CC2)CCCCC1.[I-]. The quantitative estimate of drug-likeness (QED) is 0.295. The van der Waals surface area contributed by atoms with E-state index in [0.717, 1.165) is 42.5 Å². The van der Waals surface area contributed by atoms with Crippen molar-refractivity contribution in [3.05, 3.63) is 76.7 Å². The maximum Gasteiger partial charge on any atom is 0.246 e. The Morgan fingerprint density at radius 3 is 2.39 bits per heavy atom. The van der Waals surface area contributed by atoms with Crippen molar-refractivity contribution in [2.75, 3.05) is 50.0 Å². The number of hydrogen-bond acceptors (Lipinski definition) is 6. The Morgan fingerprint density at radius 2 is 1.68 bits per heavy atom. The monoisotopic (exact) mass is 742 g/mol. The molecule has 0 radical (unpaired) electrons. The number of aromatic nitrogens is 2. The van der Waals surface area contributed by atoms with E-state index >= 15 is 0 Å². The standard InChI is InChI=1S/C31H38F3N6O2S.HI/c1-40(17-5-2-6-18-40)24-11-14-38(15-12-24)31-36-28-13-16-39(43(41,42)29-8-4-3-7-26(29)33)21-25(28)30(37-31)35-20-22-9-10-23(32)19-27(22)34;/h3-4,7-10,19,24H,2,5-6,11-18,20-21H2,1H3,(H,35,36,37);1H/q+1;/p-1. The van der Waals surface area contributed by atoms with Gasteiger partial charge in [0, 0.05) is 69.2 Å². The molecule has 0 spiro atoms. The molecule has 238 valence electrons. The van der Waals surface area contributed by atoms with Crippen molar-refractivity contribution in [1.82, 2.24) is 14.3 Å². The third kappa shape index (κ3) is 6.70. The lowest BCUT2D eigenvalue weighted by molar-refractivity contribution is -0.938. The Kier molecular flexibility index (Phi) is 10.1. The van der Waals surface area contributed by atoms with Crippen LogP contribution in [0.4, 0.5) is 24.9 Å². The number of halogens is 4. The van der Waals surface area contributed by atoms with Crippen LogP contribution in [-0.4, -0.2) is 73.0 Å². The van der Waals surface area contributed by atoms with Crippen molar-refractivity contribution in [3.8, 4) is 0 Å². The van der Waals surface area contributed by atoms with Gasteiger partial charge in [0.05, 0.1) is 31.9 Å². The van der Waals surface area contributed by atoms with Gasteiger partial charge in [-0.15, -0.1) is 0 Å². The van der Waals surface area contributed by atoms with Gasteiger partial charge in [0.1, 0.15) is 28.2 Å². The summed E-state index contributed by atoms with van der Waals surface area (Å²) in [7, 11) is -1.74. The Labute approximate surface area is 274 Å². The Balaban J connectivity index is 0.00000384. The Bertz CT molecular complexity index is 1600. The summed E-state index contributed by atoms with van der Waals surface area (Å²) < 4.78 is 71.7. The highest BCUT2D eigenvalue weighted by atomic mass is 127. The molecule has 2 aromatic carbocycles. The highest BCUT2D eigenvalue weighted by Gasteiger charge is 2.38. The molecule has 13 heteroatoms. The molecular formula is C31H38F3IN6O2S. The van der Waals surface area contributed by atoms with Crippen LogP contribution in [0.5, 0.6) is 0 Å². The van der Waals surface area contributed by atoms with E-state index in [1.807, 2.05) is 0 Å². The number of anilines is 2. The molecule has 0 bridgehead atoms. The van der Waals surface area contributed by atoms with Gasteiger partial charge in [-0.2, -0.15) is 9.29 Å². The number of benzene rings is 2. The lowest BCUT2D eigenvalue weighted by Crippen LogP contribution is -3.00. The van der Waals surface area contributed by atoms with E-state index in [1.165, 1.54) is 67.0 Å². The van der Waals surface area contributed by atoms with Gasteiger partial charge in [0.2, 0.25) is 16.0 Å². The van der Waals surface area contributed by atoms with Gasteiger partial charge in [0.15, 0.2) is 0 Å². The lowest BCUT2D eigenvalue weighted by atomic mass is 9.97. The first-order valence-electron chi connectivity index (χ1n) is 15.1. The van der Waals surface area contributed by atoms with Crippen molar-refractivity contribution in [2.45, 2.75) is 62.6 Å². The van der Waals surface area contributed by atoms with Gasteiger partial charge >= 0.3 is 0 Å². The first kappa shape index (κ1) is 32.9. The molecule has 0 aliphatic carbocycles. The predicted molar refractivity (Wildman–Crippen MR) is 158 cm³/mol. The van der Waals surface area contributed by atoms with Crippen LogP contribution in [0.3, 0.4) is 0 Å². The van der Waals surface area contributed by atoms with Gasteiger partial charge in [-0.1, -0.05) is 18.2 Å². The fourth-order valence-electron chi connectivity index (χ4n) is 6.80. The van der Waals surface area contributed by atoms with Gasteiger partial charge in [0.25, 0.3) is 0 Å². The third-order valence-electron chi connectivity index (χ3n) is 9.40. The fourth-order valence-corrected chi connectivity index (χ4v) is 8.27. The molecule has 0 atom stereocenters. The largest absolute Gasteiger partial charge is 1.00 e.